The highest BCUT2D eigenvalue weighted by Gasteiger charge is 2.13. The highest BCUT2D eigenvalue weighted by Crippen LogP contribution is 2.16. The van der Waals surface area contributed by atoms with Crippen LogP contribution in [0.3, 0.4) is 0 Å². The van der Waals surface area contributed by atoms with E-state index < -0.39 is 0 Å². The van der Waals surface area contributed by atoms with Gasteiger partial charge in [-0.1, -0.05) is 18.2 Å². The number of para-hydroxylation sites is 1. The molecule has 1 aromatic carbocycles. The Balaban J connectivity index is 1.95. The monoisotopic (exact) mass is 274 g/mol. The number of hydrogen-bond acceptors (Lipinski definition) is 3. The lowest BCUT2D eigenvalue weighted by molar-refractivity contribution is -0.121. The predicted octanol–water partition coefficient (Wildman–Crippen LogP) is 1.58. The molecule has 5 heteroatoms. The van der Waals surface area contributed by atoms with Gasteiger partial charge in [-0.25, -0.2) is 0 Å². The first-order valence-electron chi connectivity index (χ1n) is 6.79. The molecular formula is C15H22N4O. The van der Waals surface area contributed by atoms with E-state index in [2.05, 4.69) is 21.8 Å². The third-order valence-electron chi connectivity index (χ3n) is 2.93. The van der Waals surface area contributed by atoms with Crippen molar-refractivity contribution in [1.82, 2.24) is 20.4 Å². The first-order chi connectivity index (χ1) is 9.37. The van der Waals surface area contributed by atoms with Crippen molar-refractivity contribution in [2.75, 3.05) is 6.54 Å². The van der Waals surface area contributed by atoms with E-state index in [0.29, 0.717) is 13.1 Å². The SMILES string of the molecule is Cn1nc(CNCC(=O)NC(C)(C)C)c2ccccc21. The zero-order chi connectivity index (χ0) is 14.8. The molecule has 5 nitrogen and oxygen atoms in total. The average Bonchev–Trinajstić information content (AvgIpc) is 2.65. The van der Waals surface area contributed by atoms with Gasteiger partial charge in [-0.05, 0) is 26.8 Å². The van der Waals surface area contributed by atoms with Gasteiger partial charge >= 0.3 is 0 Å². The van der Waals surface area contributed by atoms with E-state index in [4.69, 9.17) is 0 Å². The van der Waals surface area contributed by atoms with Crippen LogP contribution in [-0.4, -0.2) is 27.8 Å². The molecule has 0 atom stereocenters. The first kappa shape index (κ1) is 14.5. The number of carbonyl (C=O) groups is 1. The van der Waals surface area contributed by atoms with Gasteiger partial charge in [-0.15, -0.1) is 0 Å². The van der Waals surface area contributed by atoms with Crippen molar-refractivity contribution < 1.29 is 4.79 Å². The van der Waals surface area contributed by atoms with Crippen LogP contribution in [0.1, 0.15) is 26.5 Å². The van der Waals surface area contributed by atoms with Gasteiger partial charge in [0.05, 0.1) is 17.8 Å². The summed E-state index contributed by atoms with van der Waals surface area (Å²) in [7, 11) is 1.93. The van der Waals surface area contributed by atoms with E-state index >= 15 is 0 Å². The lowest BCUT2D eigenvalue weighted by atomic mass is 10.1. The van der Waals surface area contributed by atoms with Crippen molar-refractivity contribution in [3.05, 3.63) is 30.0 Å². The Morgan fingerprint density at radius 2 is 2.00 bits per heavy atom. The second kappa shape index (κ2) is 5.63. The number of aryl methyl sites for hydroxylation is 1. The van der Waals surface area contributed by atoms with Gasteiger partial charge in [0, 0.05) is 24.5 Å². The van der Waals surface area contributed by atoms with E-state index in [1.54, 1.807) is 0 Å². The number of nitrogens with one attached hydrogen (secondary N) is 2. The number of hydrogen-bond donors (Lipinski definition) is 2. The van der Waals surface area contributed by atoms with E-state index in [0.717, 1.165) is 16.6 Å². The van der Waals surface area contributed by atoms with Gasteiger partial charge in [0.25, 0.3) is 0 Å². The molecule has 0 aliphatic heterocycles. The molecule has 0 unspecified atom stereocenters. The van der Waals surface area contributed by atoms with E-state index in [9.17, 15) is 4.79 Å². The molecule has 0 aliphatic carbocycles. The summed E-state index contributed by atoms with van der Waals surface area (Å²) in [6.07, 6.45) is 0. The molecule has 0 aliphatic rings. The van der Waals surface area contributed by atoms with Crippen LogP contribution >= 0.6 is 0 Å². The highest BCUT2D eigenvalue weighted by atomic mass is 16.2. The van der Waals surface area contributed by atoms with Crippen LogP contribution in [0.25, 0.3) is 10.9 Å². The number of carbonyl (C=O) groups excluding carboxylic acids is 1. The van der Waals surface area contributed by atoms with Gasteiger partial charge in [0.2, 0.25) is 5.91 Å². The lowest BCUT2D eigenvalue weighted by Gasteiger charge is -2.20. The average molecular weight is 274 g/mol. The van der Waals surface area contributed by atoms with Crippen LogP contribution in [0.2, 0.25) is 0 Å². The molecule has 20 heavy (non-hydrogen) atoms. The number of rotatable bonds is 4. The van der Waals surface area contributed by atoms with Crippen molar-refractivity contribution in [2.24, 2.45) is 7.05 Å². The lowest BCUT2D eigenvalue weighted by Crippen LogP contribution is -2.44. The molecule has 0 saturated heterocycles. The van der Waals surface area contributed by atoms with Gasteiger partial charge in [0.1, 0.15) is 0 Å². The number of aromatic nitrogens is 2. The minimum atomic E-state index is -0.198. The number of fused-ring (bicyclic) bond motifs is 1. The van der Waals surface area contributed by atoms with Crippen molar-refractivity contribution in [2.45, 2.75) is 32.9 Å². The number of amides is 1. The van der Waals surface area contributed by atoms with Crippen molar-refractivity contribution >= 4 is 16.8 Å². The molecule has 0 saturated carbocycles. The standard InChI is InChI=1S/C15H22N4O/c1-15(2,3)17-14(20)10-16-9-12-11-7-5-6-8-13(11)19(4)18-12/h5-8,16H,9-10H2,1-4H3,(H,17,20). The fourth-order valence-electron chi connectivity index (χ4n) is 2.18. The van der Waals surface area contributed by atoms with Crippen LogP contribution in [0.5, 0.6) is 0 Å². The van der Waals surface area contributed by atoms with E-state index in [-0.39, 0.29) is 11.4 Å². The molecule has 0 radical (unpaired) electrons. The van der Waals surface area contributed by atoms with Crippen LogP contribution in [0, 0.1) is 0 Å². The van der Waals surface area contributed by atoms with Gasteiger partial charge in [0.15, 0.2) is 0 Å². The Hall–Kier alpha value is -1.88. The Morgan fingerprint density at radius 3 is 2.70 bits per heavy atom. The van der Waals surface area contributed by atoms with Crippen LogP contribution < -0.4 is 10.6 Å². The second-order valence-electron chi connectivity index (χ2n) is 5.99. The molecule has 1 heterocycles. The van der Waals surface area contributed by atoms with Crippen LogP contribution in [0.15, 0.2) is 24.3 Å². The molecule has 1 aromatic heterocycles. The molecular weight excluding hydrogens is 252 g/mol. The Kier molecular flexibility index (Phi) is 4.09. The molecule has 0 spiro atoms. The van der Waals surface area contributed by atoms with Crippen molar-refractivity contribution in [1.29, 1.82) is 0 Å². The Bertz CT molecular complexity index is 610. The first-order valence-corrected chi connectivity index (χ1v) is 6.79. The zero-order valence-corrected chi connectivity index (χ0v) is 12.5. The topological polar surface area (TPSA) is 59.0 Å². The molecule has 2 rings (SSSR count). The largest absolute Gasteiger partial charge is 0.350 e. The van der Waals surface area contributed by atoms with Crippen molar-refractivity contribution in [3.63, 3.8) is 0 Å². The summed E-state index contributed by atoms with van der Waals surface area (Å²) in [4.78, 5) is 11.7. The maximum Gasteiger partial charge on any atom is 0.234 e. The summed E-state index contributed by atoms with van der Waals surface area (Å²) in [6.45, 7) is 6.78. The normalized spacial score (nSPS) is 11.8. The molecule has 0 fully saturated rings. The highest BCUT2D eigenvalue weighted by molar-refractivity contribution is 5.82. The van der Waals surface area contributed by atoms with Crippen molar-refractivity contribution in [3.8, 4) is 0 Å². The van der Waals surface area contributed by atoms with E-state index in [1.165, 1.54) is 0 Å². The fourth-order valence-corrected chi connectivity index (χ4v) is 2.18. The maximum absolute atomic E-state index is 11.7. The molecule has 108 valence electrons. The quantitative estimate of drug-likeness (QED) is 0.890. The summed E-state index contributed by atoms with van der Waals surface area (Å²) < 4.78 is 1.86. The summed E-state index contributed by atoms with van der Waals surface area (Å²) in [5, 5.41) is 11.7. The molecule has 1 amide bonds. The van der Waals surface area contributed by atoms with Gasteiger partial charge in [-0.2, -0.15) is 5.10 Å². The second-order valence-corrected chi connectivity index (χ2v) is 5.99. The van der Waals surface area contributed by atoms with Crippen LogP contribution in [0.4, 0.5) is 0 Å². The summed E-state index contributed by atoms with van der Waals surface area (Å²) in [5.41, 5.74) is 1.87. The maximum atomic E-state index is 11.7. The predicted molar refractivity (Wildman–Crippen MR) is 80.3 cm³/mol. The molecule has 2 N–H and O–H groups in total. The molecule has 0 bridgehead atoms. The van der Waals surface area contributed by atoms with Gasteiger partial charge < -0.3 is 10.6 Å². The summed E-state index contributed by atoms with van der Waals surface area (Å²) >= 11 is 0. The Morgan fingerprint density at radius 1 is 1.30 bits per heavy atom. The smallest absolute Gasteiger partial charge is 0.234 e. The van der Waals surface area contributed by atoms with E-state index in [1.807, 2.05) is 50.7 Å². The fraction of sp³-hybridized carbons (Fsp3) is 0.467. The minimum Gasteiger partial charge on any atom is -0.350 e. The summed E-state index contributed by atoms with van der Waals surface area (Å²) in [6, 6.07) is 8.09. The zero-order valence-electron chi connectivity index (χ0n) is 12.5. The number of nitrogens with zero attached hydrogens (tertiary/aromatic N) is 2. The van der Waals surface area contributed by atoms with Gasteiger partial charge in [-0.3, -0.25) is 9.48 Å². The Labute approximate surface area is 119 Å². The summed E-state index contributed by atoms with van der Waals surface area (Å²) in [5.74, 6) is -0.00210. The third-order valence-corrected chi connectivity index (χ3v) is 2.93. The number of benzene rings is 1. The molecule has 2 aromatic rings. The minimum absolute atomic E-state index is 0.00210. The van der Waals surface area contributed by atoms with Crippen LogP contribution in [-0.2, 0) is 18.4 Å². The third kappa shape index (κ3) is 3.57.